The van der Waals surface area contributed by atoms with Crippen molar-refractivity contribution in [2.24, 2.45) is 0 Å². The summed E-state index contributed by atoms with van der Waals surface area (Å²) >= 11 is 0. The Labute approximate surface area is 228 Å². The third kappa shape index (κ3) is 5.49. The molecule has 0 aromatic heterocycles. The molecule has 0 radical (unpaired) electrons. The standard InChI is InChI=1S/C30H29FN2O5S/c1-4-22-17-23(21(3)29(20(22)2)38-39(31,35)36)18-32-13-15-33(16-14-32)30(34)37-19-28-26-11-7-5-9-24(26)25-10-6-8-12-27(25)28/h1,5-12,17,28H,13-16,18-19H2,2-3H3. The van der Waals surface area contributed by atoms with Crippen molar-refractivity contribution in [1.29, 1.82) is 0 Å². The van der Waals surface area contributed by atoms with Gasteiger partial charge in [-0.15, -0.1) is 6.42 Å². The van der Waals surface area contributed by atoms with Crippen LogP contribution in [0.4, 0.5) is 8.68 Å². The Morgan fingerprint density at radius 3 is 2.15 bits per heavy atom. The molecular weight excluding hydrogens is 519 g/mol. The number of hydrogen-bond donors (Lipinski definition) is 0. The van der Waals surface area contributed by atoms with Crippen molar-refractivity contribution >= 4 is 16.6 Å². The monoisotopic (exact) mass is 548 g/mol. The topological polar surface area (TPSA) is 76.2 Å². The second kappa shape index (κ2) is 10.7. The first kappa shape index (κ1) is 26.7. The molecule has 1 fully saturated rings. The molecule has 1 saturated heterocycles. The summed E-state index contributed by atoms with van der Waals surface area (Å²) in [6, 6.07) is 18.2. The summed E-state index contributed by atoms with van der Waals surface area (Å²) < 4.78 is 46.1. The van der Waals surface area contributed by atoms with Crippen LogP contribution in [0, 0.1) is 26.2 Å². The average Bonchev–Trinajstić information content (AvgIpc) is 3.24. The number of terminal acetylenes is 1. The third-order valence-electron chi connectivity index (χ3n) is 7.58. The highest BCUT2D eigenvalue weighted by Crippen LogP contribution is 2.44. The van der Waals surface area contributed by atoms with E-state index in [2.05, 4.69) is 39.3 Å². The Hall–Kier alpha value is -3.87. The van der Waals surface area contributed by atoms with Gasteiger partial charge in [-0.2, -0.15) is 8.42 Å². The molecule has 3 aromatic carbocycles. The first-order chi connectivity index (χ1) is 18.7. The first-order valence-corrected chi connectivity index (χ1v) is 14.0. The summed E-state index contributed by atoms with van der Waals surface area (Å²) in [7, 11) is -5.20. The average molecular weight is 549 g/mol. The Morgan fingerprint density at radius 1 is 1.00 bits per heavy atom. The van der Waals surface area contributed by atoms with Gasteiger partial charge in [-0.1, -0.05) is 58.3 Å². The lowest BCUT2D eigenvalue weighted by Crippen LogP contribution is -2.48. The molecule has 1 aliphatic carbocycles. The number of fused-ring (bicyclic) bond motifs is 3. The summed E-state index contributed by atoms with van der Waals surface area (Å²) in [5.41, 5.74) is 6.76. The molecule has 202 valence electrons. The van der Waals surface area contributed by atoms with Crippen molar-refractivity contribution in [2.45, 2.75) is 26.3 Å². The van der Waals surface area contributed by atoms with E-state index in [1.165, 1.54) is 22.3 Å². The van der Waals surface area contributed by atoms with Gasteiger partial charge in [0, 0.05) is 49.8 Å². The Kier molecular flexibility index (Phi) is 7.34. The highest BCUT2D eigenvalue weighted by molar-refractivity contribution is 7.81. The van der Waals surface area contributed by atoms with Crippen molar-refractivity contribution in [1.82, 2.24) is 9.80 Å². The molecule has 2 aliphatic rings. The fourth-order valence-electron chi connectivity index (χ4n) is 5.49. The maximum atomic E-state index is 13.3. The summed E-state index contributed by atoms with van der Waals surface area (Å²) in [4.78, 5) is 16.8. The molecule has 0 N–H and O–H groups in total. The van der Waals surface area contributed by atoms with E-state index >= 15 is 0 Å². The van der Waals surface area contributed by atoms with Crippen LogP contribution in [0.2, 0.25) is 0 Å². The van der Waals surface area contributed by atoms with Crippen LogP contribution >= 0.6 is 0 Å². The Morgan fingerprint density at radius 2 is 1.59 bits per heavy atom. The van der Waals surface area contributed by atoms with Gasteiger partial charge in [0.2, 0.25) is 0 Å². The third-order valence-corrected chi connectivity index (χ3v) is 7.95. The fraction of sp³-hybridized carbons (Fsp3) is 0.300. The van der Waals surface area contributed by atoms with Gasteiger partial charge >= 0.3 is 16.6 Å². The minimum absolute atomic E-state index is 0.00190. The van der Waals surface area contributed by atoms with Crippen molar-refractivity contribution < 1.29 is 26.0 Å². The SMILES string of the molecule is C#Cc1cc(CN2CCN(C(=O)OCC3c4ccccc4-c4ccccc43)CC2)c(C)c(OS(=O)(=O)F)c1C. The lowest BCUT2D eigenvalue weighted by atomic mass is 9.98. The zero-order chi connectivity index (χ0) is 27.7. The van der Waals surface area contributed by atoms with E-state index < -0.39 is 10.5 Å². The van der Waals surface area contributed by atoms with Crippen LogP contribution in [0.1, 0.15) is 39.3 Å². The summed E-state index contributed by atoms with van der Waals surface area (Å²) in [6.45, 7) is 6.11. The van der Waals surface area contributed by atoms with Crippen LogP contribution in [0.3, 0.4) is 0 Å². The normalized spacial score (nSPS) is 15.4. The molecule has 5 rings (SSSR count). The Balaban J connectivity index is 1.21. The smallest absolute Gasteiger partial charge is 0.448 e. The maximum absolute atomic E-state index is 13.3. The fourth-order valence-corrected chi connectivity index (χ4v) is 5.94. The number of nitrogens with zero attached hydrogens (tertiary/aromatic N) is 2. The van der Waals surface area contributed by atoms with E-state index in [0.29, 0.717) is 49.4 Å². The minimum Gasteiger partial charge on any atom is -0.448 e. The molecule has 0 saturated carbocycles. The molecular formula is C30H29FN2O5S. The van der Waals surface area contributed by atoms with Crippen LogP contribution < -0.4 is 4.18 Å². The predicted molar refractivity (Wildman–Crippen MR) is 146 cm³/mol. The van der Waals surface area contributed by atoms with E-state index in [0.717, 1.165) is 5.56 Å². The molecule has 3 aromatic rings. The molecule has 1 heterocycles. The lowest BCUT2D eigenvalue weighted by Gasteiger charge is -2.34. The number of amides is 1. The van der Waals surface area contributed by atoms with Gasteiger partial charge in [0.05, 0.1) is 0 Å². The first-order valence-electron chi connectivity index (χ1n) is 12.7. The van der Waals surface area contributed by atoms with E-state index in [1.54, 1.807) is 24.8 Å². The molecule has 1 amide bonds. The lowest BCUT2D eigenvalue weighted by molar-refractivity contribution is 0.0728. The van der Waals surface area contributed by atoms with Crippen molar-refractivity contribution in [2.75, 3.05) is 32.8 Å². The van der Waals surface area contributed by atoms with Crippen molar-refractivity contribution in [3.63, 3.8) is 0 Å². The van der Waals surface area contributed by atoms with Gasteiger partial charge in [0.15, 0.2) is 5.75 Å². The number of piperazine rings is 1. The van der Waals surface area contributed by atoms with Crippen molar-refractivity contribution in [3.8, 4) is 29.2 Å². The molecule has 9 heteroatoms. The van der Waals surface area contributed by atoms with Gasteiger partial charge in [-0.05, 0) is 53.3 Å². The van der Waals surface area contributed by atoms with E-state index in [4.69, 9.17) is 11.2 Å². The van der Waals surface area contributed by atoms with E-state index in [9.17, 15) is 17.1 Å². The quantitative estimate of drug-likeness (QED) is 0.321. The van der Waals surface area contributed by atoms with Gasteiger partial charge in [-0.3, -0.25) is 4.90 Å². The van der Waals surface area contributed by atoms with Crippen molar-refractivity contribution in [3.05, 3.63) is 88.0 Å². The van der Waals surface area contributed by atoms with Gasteiger partial charge in [0.25, 0.3) is 0 Å². The highest BCUT2D eigenvalue weighted by atomic mass is 32.3. The van der Waals surface area contributed by atoms with Crippen LogP contribution in [-0.2, 0) is 21.8 Å². The number of carbonyl (C=O) groups is 1. The second-order valence-electron chi connectivity index (χ2n) is 9.85. The minimum atomic E-state index is -5.20. The summed E-state index contributed by atoms with van der Waals surface area (Å²) in [5, 5.41) is 0. The maximum Gasteiger partial charge on any atom is 0.488 e. The molecule has 39 heavy (non-hydrogen) atoms. The highest BCUT2D eigenvalue weighted by Gasteiger charge is 2.30. The number of halogens is 1. The molecule has 0 atom stereocenters. The zero-order valence-electron chi connectivity index (χ0n) is 21.8. The molecule has 0 spiro atoms. The molecule has 1 aliphatic heterocycles. The number of benzene rings is 3. The zero-order valence-corrected chi connectivity index (χ0v) is 22.6. The van der Waals surface area contributed by atoms with E-state index in [-0.39, 0.29) is 24.4 Å². The molecule has 0 bridgehead atoms. The van der Waals surface area contributed by atoms with Crippen LogP contribution in [-0.4, -0.2) is 57.1 Å². The summed E-state index contributed by atoms with van der Waals surface area (Å²) in [6.07, 6.45) is 5.25. The Bertz CT molecular complexity index is 1530. The van der Waals surface area contributed by atoms with Gasteiger partial charge in [0.1, 0.15) is 6.61 Å². The van der Waals surface area contributed by atoms with Crippen LogP contribution in [0.15, 0.2) is 54.6 Å². The van der Waals surface area contributed by atoms with Gasteiger partial charge in [-0.25, -0.2) is 4.79 Å². The number of hydrogen-bond acceptors (Lipinski definition) is 6. The predicted octanol–water partition coefficient (Wildman–Crippen LogP) is 4.94. The van der Waals surface area contributed by atoms with Crippen LogP contribution in [0.5, 0.6) is 5.75 Å². The summed E-state index contributed by atoms with van der Waals surface area (Å²) in [5.74, 6) is 2.43. The number of carbonyl (C=O) groups excluding carboxylic acids is 1. The van der Waals surface area contributed by atoms with Crippen LogP contribution in [0.25, 0.3) is 11.1 Å². The molecule has 7 nitrogen and oxygen atoms in total. The number of ether oxygens (including phenoxy) is 1. The molecule has 0 unspecified atom stereocenters. The largest absolute Gasteiger partial charge is 0.488 e. The second-order valence-corrected chi connectivity index (χ2v) is 10.8. The number of rotatable bonds is 6. The van der Waals surface area contributed by atoms with E-state index in [1.807, 2.05) is 24.3 Å². The van der Waals surface area contributed by atoms with Gasteiger partial charge < -0.3 is 13.8 Å².